The van der Waals surface area contributed by atoms with E-state index in [9.17, 15) is 19.2 Å². The number of imide groups is 2. The molecule has 6 nitrogen and oxygen atoms in total. The molecule has 3 aromatic carbocycles. The van der Waals surface area contributed by atoms with E-state index >= 15 is 0 Å². The van der Waals surface area contributed by atoms with Gasteiger partial charge < -0.3 is 0 Å². The number of anilines is 2. The summed E-state index contributed by atoms with van der Waals surface area (Å²) in [6.07, 6.45) is 5.02. The molecule has 0 saturated carbocycles. The maximum atomic E-state index is 12.1. The van der Waals surface area contributed by atoms with Gasteiger partial charge in [0.15, 0.2) is 0 Å². The minimum absolute atomic E-state index is 0.373. The van der Waals surface area contributed by atoms with Crippen molar-refractivity contribution in [3.05, 3.63) is 97.1 Å². The third kappa shape index (κ3) is 3.24. The van der Waals surface area contributed by atoms with Crippen LogP contribution in [0.15, 0.2) is 97.1 Å². The van der Waals surface area contributed by atoms with Crippen molar-refractivity contribution in [2.75, 3.05) is 9.80 Å². The smallest absolute Gasteiger partial charge is 0.258 e. The second-order valence-corrected chi connectivity index (χ2v) is 7.34. The first-order valence-corrected chi connectivity index (χ1v) is 9.95. The average molecular weight is 420 g/mol. The van der Waals surface area contributed by atoms with Gasteiger partial charge in [-0.15, -0.1) is 0 Å². The van der Waals surface area contributed by atoms with Crippen LogP contribution in [0.5, 0.6) is 0 Å². The molecule has 0 aromatic heterocycles. The van der Waals surface area contributed by atoms with Crippen LogP contribution in [-0.4, -0.2) is 23.6 Å². The molecule has 2 aliphatic heterocycles. The SMILES string of the molecule is O=C1C=CC(=O)N1c1cccc(-c2ccccc2-c2cccc(N3C(=O)C=CC3=O)c2)c1. The van der Waals surface area contributed by atoms with Crippen LogP contribution < -0.4 is 9.80 Å². The average Bonchev–Trinajstić information content (AvgIpc) is 3.33. The number of nitrogens with zero attached hydrogens (tertiary/aromatic N) is 2. The van der Waals surface area contributed by atoms with E-state index in [2.05, 4.69) is 0 Å². The highest BCUT2D eigenvalue weighted by Crippen LogP contribution is 2.36. The first-order valence-electron chi connectivity index (χ1n) is 9.95. The summed E-state index contributed by atoms with van der Waals surface area (Å²) in [4.78, 5) is 50.6. The largest absolute Gasteiger partial charge is 0.269 e. The molecule has 0 radical (unpaired) electrons. The molecule has 3 aromatic rings. The second kappa shape index (κ2) is 7.59. The molecule has 0 N–H and O–H groups in total. The monoisotopic (exact) mass is 420 g/mol. The predicted molar refractivity (Wildman–Crippen MR) is 121 cm³/mol. The molecule has 0 unspecified atom stereocenters. The zero-order chi connectivity index (χ0) is 22.2. The van der Waals surface area contributed by atoms with Gasteiger partial charge in [-0.2, -0.15) is 0 Å². The summed E-state index contributed by atoms with van der Waals surface area (Å²) in [7, 11) is 0. The van der Waals surface area contributed by atoms with Crippen molar-refractivity contribution in [2.24, 2.45) is 0 Å². The Balaban J connectivity index is 1.57. The molecule has 5 rings (SSSR count). The van der Waals surface area contributed by atoms with E-state index in [0.717, 1.165) is 32.1 Å². The Morgan fingerprint density at radius 1 is 0.438 bits per heavy atom. The number of carbonyl (C=O) groups is 4. The highest BCUT2D eigenvalue weighted by Gasteiger charge is 2.26. The van der Waals surface area contributed by atoms with Crippen LogP contribution in [-0.2, 0) is 19.2 Å². The van der Waals surface area contributed by atoms with E-state index in [1.807, 2.05) is 36.4 Å². The highest BCUT2D eigenvalue weighted by atomic mass is 16.2. The topological polar surface area (TPSA) is 74.8 Å². The Bertz CT molecular complexity index is 1230. The van der Waals surface area contributed by atoms with Crippen molar-refractivity contribution in [1.82, 2.24) is 0 Å². The Labute approximate surface area is 183 Å². The summed E-state index contributed by atoms with van der Waals surface area (Å²) >= 11 is 0. The Morgan fingerprint density at radius 2 is 0.812 bits per heavy atom. The van der Waals surface area contributed by atoms with Crippen LogP contribution in [0.4, 0.5) is 11.4 Å². The lowest BCUT2D eigenvalue weighted by Crippen LogP contribution is -2.29. The molecule has 0 aliphatic carbocycles. The van der Waals surface area contributed by atoms with Gasteiger partial charge in [-0.1, -0.05) is 48.5 Å². The zero-order valence-electron chi connectivity index (χ0n) is 16.8. The van der Waals surface area contributed by atoms with Gasteiger partial charge in [-0.05, 0) is 46.5 Å². The maximum absolute atomic E-state index is 12.1. The van der Waals surface area contributed by atoms with Crippen LogP contribution in [0, 0.1) is 0 Å². The summed E-state index contributed by atoms with van der Waals surface area (Å²) in [5.41, 5.74) is 4.40. The van der Waals surface area contributed by atoms with Crippen molar-refractivity contribution < 1.29 is 19.2 Å². The minimum atomic E-state index is -0.373. The van der Waals surface area contributed by atoms with Gasteiger partial charge in [0, 0.05) is 24.3 Å². The van der Waals surface area contributed by atoms with E-state index in [4.69, 9.17) is 0 Å². The Kier molecular flexibility index (Phi) is 4.60. The molecular weight excluding hydrogens is 404 g/mol. The number of hydrogen-bond acceptors (Lipinski definition) is 4. The Morgan fingerprint density at radius 3 is 1.19 bits per heavy atom. The van der Waals surface area contributed by atoms with Gasteiger partial charge in [-0.25, -0.2) is 9.80 Å². The molecule has 6 heteroatoms. The maximum Gasteiger partial charge on any atom is 0.258 e. The molecule has 2 heterocycles. The highest BCUT2D eigenvalue weighted by molar-refractivity contribution is 6.29. The van der Waals surface area contributed by atoms with Gasteiger partial charge in [0.05, 0.1) is 11.4 Å². The third-order valence-corrected chi connectivity index (χ3v) is 5.38. The van der Waals surface area contributed by atoms with Crippen molar-refractivity contribution >= 4 is 35.0 Å². The molecule has 0 atom stereocenters. The molecule has 0 spiro atoms. The molecule has 2 aliphatic rings. The third-order valence-electron chi connectivity index (χ3n) is 5.38. The Hall–Kier alpha value is -4.58. The first kappa shape index (κ1) is 19.4. The number of hydrogen-bond donors (Lipinski definition) is 0. The normalized spacial score (nSPS) is 15.4. The molecule has 0 bridgehead atoms. The summed E-state index contributed by atoms with van der Waals surface area (Å²) in [5.74, 6) is -1.49. The van der Waals surface area contributed by atoms with Gasteiger partial charge in [0.1, 0.15) is 0 Å². The molecule has 0 saturated heterocycles. The number of carbonyl (C=O) groups excluding carboxylic acids is 4. The summed E-state index contributed by atoms with van der Waals surface area (Å²) < 4.78 is 0. The fourth-order valence-corrected chi connectivity index (χ4v) is 3.92. The lowest BCUT2D eigenvalue weighted by Gasteiger charge is -2.18. The van der Waals surface area contributed by atoms with Crippen LogP contribution in [0.3, 0.4) is 0 Å². The second-order valence-electron chi connectivity index (χ2n) is 7.34. The standard InChI is InChI=1S/C26H16N2O4/c29-23-11-12-24(30)27(23)19-7-3-5-17(15-19)21-9-1-2-10-22(21)18-6-4-8-20(16-18)28-25(31)13-14-26(28)32/h1-16H. The van der Waals surface area contributed by atoms with Gasteiger partial charge in [0.2, 0.25) is 0 Å². The summed E-state index contributed by atoms with van der Waals surface area (Å²) in [6.45, 7) is 0. The van der Waals surface area contributed by atoms with E-state index in [1.165, 1.54) is 24.3 Å². The number of benzene rings is 3. The lowest BCUT2D eigenvalue weighted by atomic mass is 9.94. The van der Waals surface area contributed by atoms with E-state index in [-0.39, 0.29) is 23.6 Å². The fraction of sp³-hybridized carbons (Fsp3) is 0. The van der Waals surface area contributed by atoms with Gasteiger partial charge >= 0.3 is 0 Å². The lowest BCUT2D eigenvalue weighted by molar-refractivity contribution is -0.121. The van der Waals surface area contributed by atoms with E-state index < -0.39 is 0 Å². The van der Waals surface area contributed by atoms with Crippen molar-refractivity contribution in [1.29, 1.82) is 0 Å². The zero-order valence-corrected chi connectivity index (χ0v) is 16.8. The van der Waals surface area contributed by atoms with E-state index in [1.54, 1.807) is 36.4 Å². The molecule has 32 heavy (non-hydrogen) atoms. The molecular formula is C26H16N2O4. The number of rotatable bonds is 4. The van der Waals surface area contributed by atoms with Crippen molar-refractivity contribution in [2.45, 2.75) is 0 Å². The molecule has 4 amide bonds. The first-order chi connectivity index (χ1) is 15.5. The van der Waals surface area contributed by atoms with Crippen LogP contribution in [0.25, 0.3) is 22.3 Å². The predicted octanol–water partition coefficient (Wildman–Crippen LogP) is 3.88. The summed E-state index contributed by atoms with van der Waals surface area (Å²) in [6, 6.07) is 22.1. The molecule has 154 valence electrons. The fourth-order valence-electron chi connectivity index (χ4n) is 3.92. The van der Waals surface area contributed by atoms with Crippen LogP contribution >= 0.6 is 0 Å². The van der Waals surface area contributed by atoms with Crippen LogP contribution in [0.1, 0.15) is 0 Å². The minimum Gasteiger partial charge on any atom is -0.269 e. The van der Waals surface area contributed by atoms with Crippen molar-refractivity contribution in [3.8, 4) is 22.3 Å². The van der Waals surface area contributed by atoms with Gasteiger partial charge in [-0.3, -0.25) is 19.2 Å². The van der Waals surface area contributed by atoms with Crippen LogP contribution in [0.2, 0.25) is 0 Å². The van der Waals surface area contributed by atoms with Crippen molar-refractivity contribution in [3.63, 3.8) is 0 Å². The molecule has 0 fully saturated rings. The quantitative estimate of drug-likeness (QED) is 0.601. The van der Waals surface area contributed by atoms with E-state index in [0.29, 0.717) is 11.4 Å². The van der Waals surface area contributed by atoms with Gasteiger partial charge in [0.25, 0.3) is 23.6 Å². The summed E-state index contributed by atoms with van der Waals surface area (Å²) in [5, 5.41) is 0. The number of amides is 4.